The Morgan fingerprint density at radius 1 is 1.18 bits per heavy atom. The zero-order valence-corrected chi connectivity index (χ0v) is 20.1. The summed E-state index contributed by atoms with van der Waals surface area (Å²) in [5, 5.41) is 12.1. The van der Waals surface area contributed by atoms with Gasteiger partial charge in [-0.3, -0.25) is 9.69 Å². The third kappa shape index (κ3) is 6.12. The molecule has 0 aliphatic carbocycles. The molecule has 1 atom stereocenters. The number of aromatic nitrogens is 2. The number of nitrogens with zero attached hydrogens (tertiary/aromatic N) is 4. The van der Waals surface area contributed by atoms with Crippen molar-refractivity contribution in [1.29, 1.82) is 5.26 Å². The molecule has 0 bridgehead atoms. The second-order valence-electron chi connectivity index (χ2n) is 9.37. The number of likely N-dealkylation sites (tertiary alicyclic amines) is 1. The maximum atomic E-state index is 12.9. The highest BCUT2D eigenvalue weighted by molar-refractivity contribution is 5.79. The molecular formula is C28H33N5O. The van der Waals surface area contributed by atoms with Crippen LogP contribution in [0.5, 0.6) is 0 Å². The number of nitrogens with one attached hydrogen (secondary N) is 1. The molecule has 0 saturated carbocycles. The first-order chi connectivity index (χ1) is 16.5. The van der Waals surface area contributed by atoms with E-state index in [9.17, 15) is 4.79 Å². The van der Waals surface area contributed by atoms with Crippen LogP contribution in [-0.4, -0.2) is 40.0 Å². The Morgan fingerprint density at radius 3 is 2.79 bits per heavy atom. The van der Waals surface area contributed by atoms with Crippen molar-refractivity contribution in [3.8, 4) is 6.07 Å². The van der Waals surface area contributed by atoms with Crippen LogP contribution in [0.2, 0.25) is 0 Å². The molecule has 34 heavy (non-hydrogen) atoms. The first-order valence-electron chi connectivity index (χ1n) is 12.1. The van der Waals surface area contributed by atoms with Gasteiger partial charge in [-0.2, -0.15) is 5.26 Å². The van der Waals surface area contributed by atoms with Crippen LogP contribution in [0.4, 0.5) is 0 Å². The van der Waals surface area contributed by atoms with Gasteiger partial charge in [0.25, 0.3) is 0 Å². The second kappa shape index (κ2) is 11.1. The lowest BCUT2D eigenvalue weighted by atomic mass is 9.96. The van der Waals surface area contributed by atoms with Crippen LogP contribution in [0.1, 0.15) is 46.4 Å². The van der Waals surface area contributed by atoms with E-state index in [0.717, 1.165) is 50.2 Å². The van der Waals surface area contributed by atoms with Gasteiger partial charge in [0.1, 0.15) is 0 Å². The predicted octanol–water partition coefficient (Wildman–Crippen LogP) is 3.99. The fraction of sp³-hybridized carbons (Fsp3) is 0.393. The summed E-state index contributed by atoms with van der Waals surface area (Å²) in [6, 6.07) is 16.4. The molecule has 1 saturated heterocycles. The molecule has 1 N–H and O–H groups in total. The Labute approximate surface area is 202 Å². The number of aryl methyl sites for hydroxylation is 2. The summed E-state index contributed by atoms with van der Waals surface area (Å²) in [7, 11) is 0. The summed E-state index contributed by atoms with van der Waals surface area (Å²) in [4.78, 5) is 19.6. The highest BCUT2D eigenvalue weighted by Gasteiger charge is 2.25. The number of carbonyl (C=O) groups is 1. The highest BCUT2D eigenvalue weighted by atomic mass is 16.1. The molecule has 1 fully saturated rings. The predicted molar refractivity (Wildman–Crippen MR) is 133 cm³/mol. The largest absolute Gasteiger partial charge is 0.355 e. The molecule has 0 spiro atoms. The fourth-order valence-electron chi connectivity index (χ4n) is 4.66. The van der Waals surface area contributed by atoms with Gasteiger partial charge in [0.05, 0.1) is 23.9 Å². The van der Waals surface area contributed by atoms with Crippen molar-refractivity contribution < 1.29 is 4.79 Å². The molecule has 6 heteroatoms. The van der Waals surface area contributed by atoms with Gasteiger partial charge in [-0.25, -0.2) is 4.98 Å². The molecule has 1 amide bonds. The van der Waals surface area contributed by atoms with Crippen molar-refractivity contribution in [2.75, 3.05) is 19.6 Å². The average molecular weight is 456 g/mol. The SMILES string of the molecule is Cc1ccc(C)c(CN2CCC[C@H](C(=O)NCCc3cncn3Cc3ccc(C#N)cc3)C2)c1. The number of carbonyl (C=O) groups excluding carboxylic acids is 1. The van der Waals surface area contributed by atoms with Gasteiger partial charge >= 0.3 is 0 Å². The van der Waals surface area contributed by atoms with Crippen LogP contribution in [0.3, 0.4) is 0 Å². The summed E-state index contributed by atoms with van der Waals surface area (Å²) in [6.07, 6.45) is 6.43. The van der Waals surface area contributed by atoms with Gasteiger partial charge in [0, 0.05) is 44.5 Å². The molecule has 0 unspecified atom stereocenters. The number of piperidine rings is 1. The first kappa shape index (κ1) is 23.7. The quantitative estimate of drug-likeness (QED) is 0.557. The van der Waals surface area contributed by atoms with Gasteiger partial charge in [-0.1, -0.05) is 35.9 Å². The van der Waals surface area contributed by atoms with Crippen LogP contribution in [-0.2, 0) is 24.3 Å². The van der Waals surface area contributed by atoms with Gasteiger partial charge in [0.15, 0.2) is 0 Å². The number of imidazole rings is 1. The van der Waals surface area contributed by atoms with E-state index in [2.05, 4.69) is 57.9 Å². The van der Waals surface area contributed by atoms with Crippen molar-refractivity contribution in [1.82, 2.24) is 19.8 Å². The van der Waals surface area contributed by atoms with E-state index < -0.39 is 0 Å². The average Bonchev–Trinajstić information content (AvgIpc) is 3.28. The smallest absolute Gasteiger partial charge is 0.224 e. The van der Waals surface area contributed by atoms with E-state index in [1.54, 1.807) is 0 Å². The zero-order valence-electron chi connectivity index (χ0n) is 20.1. The maximum absolute atomic E-state index is 12.9. The van der Waals surface area contributed by atoms with E-state index in [4.69, 9.17) is 5.26 Å². The highest BCUT2D eigenvalue weighted by Crippen LogP contribution is 2.21. The number of hydrogen-bond acceptors (Lipinski definition) is 4. The van der Waals surface area contributed by atoms with E-state index in [1.807, 2.05) is 36.8 Å². The van der Waals surface area contributed by atoms with Crippen LogP contribution in [0.15, 0.2) is 55.0 Å². The number of amides is 1. The molecule has 2 aromatic carbocycles. The van der Waals surface area contributed by atoms with Crippen molar-refractivity contribution >= 4 is 5.91 Å². The fourth-order valence-corrected chi connectivity index (χ4v) is 4.66. The van der Waals surface area contributed by atoms with Crippen LogP contribution < -0.4 is 5.32 Å². The second-order valence-corrected chi connectivity index (χ2v) is 9.37. The summed E-state index contributed by atoms with van der Waals surface area (Å²) in [5.74, 6) is 0.200. The minimum absolute atomic E-state index is 0.0439. The molecule has 3 aromatic rings. The monoisotopic (exact) mass is 455 g/mol. The number of nitriles is 1. The third-order valence-corrected chi connectivity index (χ3v) is 6.69. The maximum Gasteiger partial charge on any atom is 0.224 e. The van der Waals surface area contributed by atoms with Crippen LogP contribution in [0.25, 0.3) is 0 Å². The van der Waals surface area contributed by atoms with E-state index in [-0.39, 0.29) is 11.8 Å². The molecule has 2 heterocycles. The topological polar surface area (TPSA) is 74.0 Å². The summed E-state index contributed by atoms with van der Waals surface area (Å²) >= 11 is 0. The van der Waals surface area contributed by atoms with Crippen LogP contribution >= 0.6 is 0 Å². The van der Waals surface area contributed by atoms with Gasteiger partial charge in [-0.15, -0.1) is 0 Å². The molecular weight excluding hydrogens is 422 g/mol. The van der Waals surface area contributed by atoms with Gasteiger partial charge in [-0.05, 0) is 62.1 Å². The van der Waals surface area contributed by atoms with E-state index >= 15 is 0 Å². The van der Waals surface area contributed by atoms with Crippen molar-refractivity contribution in [2.24, 2.45) is 5.92 Å². The Morgan fingerprint density at radius 2 is 2.00 bits per heavy atom. The Hall–Kier alpha value is -3.43. The minimum atomic E-state index is 0.0439. The Kier molecular flexibility index (Phi) is 7.76. The summed E-state index contributed by atoms with van der Waals surface area (Å²) in [5.41, 5.74) is 6.82. The molecule has 0 radical (unpaired) electrons. The number of benzene rings is 2. The van der Waals surface area contributed by atoms with Gasteiger partial charge < -0.3 is 9.88 Å². The van der Waals surface area contributed by atoms with Crippen molar-refractivity contribution in [3.63, 3.8) is 0 Å². The molecule has 1 aromatic heterocycles. The molecule has 6 nitrogen and oxygen atoms in total. The van der Waals surface area contributed by atoms with E-state index in [0.29, 0.717) is 18.7 Å². The third-order valence-electron chi connectivity index (χ3n) is 6.69. The molecule has 176 valence electrons. The molecule has 4 rings (SSSR count). The normalized spacial score (nSPS) is 16.2. The lowest BCUT2D eigenvalue weighted by molar-refractivity contribution is -0.126. The standard InChI is InChI=1S/C28H33N5O/c1-21-5-6-22(2)26(14-21)19-32-13-3-4-25(18-32)28(34)31-12-11-27-16-30-20-33(27)17-24-9-7-23(15-29)8-10-24/h5-10,14,16,20,25H,3-4,11-13,17-19H2,1-2H3,(H,31,34)/t25-/m0/s1. The van der Waals surface area contributed by atoms with E-state index in [1.165, 1.54) is 16.7 Å². The molecule has 1 aliphatic rings. The Bertz CT molecular complexity index is 1160. The number of hydrogen-bond donors (Lipinski definition) is 1. The first-order valence-corrected chi connectivity index (χ1v) is 12.1. The summed E-state index contributed by atoms with van der Waals surface area (Å²) < 4.78 is 2.10. The van der Waals surface area contributed by atoms with Gasteiger partial charge in [0.2, 0.25) is 5.91 Å². The zero-order chi connectivity index (χ0) is 23.9. The summed E-state index contributed by atoms with van der Waals surface area (Å²) in [6.45, 7) is 8.37. The van der Waals surface area contributed by atoms with Crippen molar-refractivity contribution in [3.05, 3.63) is 88.5 Å². The lowest BCUT2D eigenvalue weighted by Gasteiger charge is -2.32. The molecule has 1 aliphatic heterocycles. The minimum Gasteiger partial charge on any atom is -0.355 e. The Balaban J connectivity index is 1.27. The number of rotatable bonds is 8. The van der Waals surface area contributed by atoms with Crippen molar-refractivity contribution in [2.45, 2.75) is 46.2 Å². The lowest BCUT2D eigenvalue weighted by Crippen LogP contribution is -2.43. The van der Waals surface area contributed by atoms with Crippen LogP contribution in [0, 0.1) is 31.1 Å².